The first-order valence-electron chi connectivity index (χ1n) is 9.97. The van der Waals surface area contributed by atoms with Gasteiger partial charge in [0.25, 0.3) is 0 Å². The number of hydrogen-bond acceptors (Lipinski definition) is 0. The van der Waals surface area contributed by atoms with Crippen LogP contribution in [0.25, 0.3) is 5.31 Å². The summed E-state index contributed by atoms with van der Waals surface area (Å²) in [5, 5.41) is 1.69. The van der Waals surface area contributed by atoms with E-state index in [9.17, 15) is 0 Å². The van der Waals surface area contributed by atoms with Gasteiger partial charge < -0.3 is 0 Å². The normalized spacial score (nSPS) is 12.4. The number of rotatable bonds is 13. The zero-order chi connectivity index (χ0) is 17.7. The lowest BCUT2D eigenvalue weighted by atomic mass is 10.2. The lowest BCUT2D eigenvalue weighted by molar-refractivity contribution is 0.841. The van der Waals surface area contributed by atoms with Crippen LogP contribution in [0.3, 0.4) is 0 Å². The molecule has 1 heteroatoms. The van der Waals surface area contributed by atoms with Gasteiger partial charge in [0.2, 0.25) is 0 Å². The largest absolute Gasteiger partial charge is 0.103 e. The molecule has 0 nitrogen and oxygen atoms in total. The maximum atomic E-state index is 3.96. The number of allylic oxidation sites excluding steroid dienone is 2. The highest BCUT2D eigenvalue weighted by Gasteiger charge is 2.40. The van der Waals surface area contributed by atoms with Crippen LogP contribution >= 0.6 is 7.26 Å². The second-order valence-electron chi connectivity index (χ2n) is 6.86. The molecule has 24 heavy (non-hydrogen) atoms. The fourth-order valence-corrected chi connectivity index (χ4v) is 8.82. The van der Waals surface area contributed by atoms with E-state index in [0.717, 1.165) is 6.42 Å². The van der Waals surface area contributed by atoms with E-state index in [2.05, 4.69) is 69.8 Å². The van der Waals surface area contributed by atoms with E-state index < -0.39 is 7.26 Å². The van der Waals surface area contributed by atoms with Gasteiger partial charge in [0, 0.05) is 12.8 Å². The van der Waals surface area contributed by atoms with Crippen molar-refractivity contribution >= 4 is 12.6 Å². The van der Waals surface area contributed by atoms with E-state index in [1.54, 1.807) is 5.31 Å². The van der Waals surface area contributed by atoms with Crippen molar-refractivity contribution in [2.75, 3.05) is 18.5 Å². The van der Waals surface area contributed by atoms with Gasteiger partial charge in [-0.2, -0.15) is 0 Å². The monoisotopic (exact) mass is 345 g/mol. The van der Waals surface area contributed by atoms with Crippen molar-refractivity contribution in [2.45, 2.75) is 65.7 Å². The van der Waals surface area contributed by atoms with Crippen molar-refractivity contribution in [3.63, 3.8) is 0 Å². The van der Waals surface area contributed by atoms with Crippen LogP contribution in [0, 0.1) is 0 Å². The molecule has 0 amide bonds. The Bertz CT molecular complexity index is 450. The summed E-state index contributed by atoms with van der Waals surface area (Å²) in [5.41, 5.74) is 1.47. The molecule has 0 N–H and O–H groups in total. The van der Waals surface area contributed by atoms with E-state index in [-0.39, 0.29) is 0 Å². The molecule has 0 saturated heterocycles. The van der Waals surface area contributed by atoms with Gasteiger partial charge in [0.1, 0.15) is 0 Å². The molecule has 0 aliphatic rings. The van der Waals surface area contributed by atoms with Crippen molar-refractivity contribution in [1.29, 1.82) is 0 Å². The van der Waals surface area contributed by atoms with Gasteiger partial charge in [-0.05, 0) is 31.8 Å². The van der Waals surface area contributed by atoms with Crippen LogP contribution in [-0.2, 0) is 0 Å². The fourth-order valence-electron chi connectivity index (χ4n) is 3.47. The summed E-state index contributed by atoms with van der Waals surface area (Å²) in [6, 6.07) is 11.2. The molecule has 0 atom stereocenters. The van der Waals surface area contributed by atoms with E-state index in [1.807, 2.05) is 0 Å². The number of hydrogen-bond donors (Lipinski definition) is 0. The molecular weight excluding hydrogens is 307 g/mol. The molecule has 1 rings (SSSR count). The Hall–Kier alpha value is -0.870. The van der Waals surface area contributed by atoms with E-state index >= 15 is 0 Å². The van der Waals surface area contributed by atoms with Crippen molar-refractivity contribution in [2.24, 2.45) is 0 Å². The Labute approximate surface area is 151 Å². The Morgan fingerprint density at radius 3 is 1.79 bits per heavy atom. The van der Waals surface area contributed by atoms with Crippen LogP contribution in [0.4, 0.5) is 0 Å². The molecule has 0 fully saturated rings. The van der Waals surface area contributed by atoms with Crippen LogP contribution in [-0.4, -0.2) is 18.5 Å². The summed E-state index contributed by atoms with van der Waals surface area (Å²) < 4.78 is 0. The minimum absolute atomic E-state index is 0.996. The Morgan fingerprint density at radius 1 is 0.875 bits per heavy atom. The summed E-state index contributed by atoms with van der Waals surface area (Å²) in [5.74, 6) is 0. The smallest absolute Gasteiger partial charge is 0.0974 e. The van der Waals surface area contributed by atoms with Crippen LogP contribution in [0.1, 0.15) is 71.3 Å². The molecule has 0 aromatic heterocycles. The molecule has 0 aliphatic heterocycles. The van der Waals surface area contributed by atoms with Gasteiger partial charge in [-0.3, -0.25) is 0 Å². The van der Waals surface area contributed by atoms with Crippen LogP contribution in [0.2, 0.25) is 0 Å². The zero-order valence-corrected chi connectivity index (χ0v) is 17.2. The van der Waals surface area contributed by atoms with Crippen LogP contribution in [0.15, 0.2) is 49.1 Å². The molecular formula is C23H38P+. The second kappa shape index (κ2) is 12.5. The molecule has 0 aliphatic carbocycles. The van der Waals surface area contributed by atoms with Gasteiger partial charge in [0.05, 0.1) is 23.8 Å². The van der Waals surface area contributed by atoms with Gasteiger partial charge in [0.15, 0.2) is 0 Å². The molecule has 0 saturated carbocycles. The molecule has 134 valence electrons. The standard InChI is InChI=1S/C23H38P/c1-5-9-18-23(22-16-14-13-15-17-22)24(19-10-6-2,20-11-7-3)21-12-8-4/h5,13-18H,1,6-12,19-21H2,2-4H3/q+1. The minimum atomic E-state index is -1.09. The third-order valence-electron chi connectivity index (χ3n) is 4.88. The van der Waals surface area contributed by atoms with Gasteiger partial charge >= 0.3 is 0 Å². The van der Waals surface area contributed by atoms with Crippen molar-refractivity contribution < 1.29 is 0 Å². The fraction of sp³-hybridized carbons (Fsp3) is 0.565. The summed E-state index contributed by atoms with van der Waals surface area (Å²) in [6.45, 7) is 11.0. The summed E-state index contributed by atoms with van der Waals surface area (Å²) in [4.78, 5) is 0. The van der Waals surface area contributed by atoms with E-state index in [4.69, 9.17) is 0 Å². The predicted octanol–water partition coefficient (Wildman–Crippen LogP) is 8.02. The third-order valence-corrected chi connectivity index (χ3v) is 9.86. The molecule has 0 bridgehead atoms. The lowest BCUT2D eigenvalue weighted by Gasteiger charge is -2.30. The minimum Gasteiger partial charge on any atom is -0.103 e. The average Bonchev–Trinajstić information content (AvgIpc) is 2.63. The first-order valence-corrected chi connectivity index (χ1v) is 12.3. The highest BCUT2D eigenvalue weighted by atomic mass is 31.2. The van der Waals surface area contributed by atoms with E-state index in [1.165, 1.54) is 62.6 Å². The Balaban J connectivity index is 3.31. The highest BCUT2D eigenvalue weighted by molar-refractivity contribution is 7.85. The van der Waals surface area contributed by atoms with Crippen molar-refractivity contribution in [1.82, 2.24) is 0 Å². The average molecular weight is 346 g/mol. The quantitative estimate of drug-likeness (QED) is 0.251. The maximum Gasteiger partial charge on any atom is 0.0974 e. The number of benzene rings is 1. The molecule has 0 heterocycles. The summed E-state index contributed by atoms with van der Waals surface area (Å²) >= 11 is 0. The number of unbranched alkanes of at least 4 members (excludes halogenated alkanes) is 3. The van der Waals surface area contributed by atoms with Crippen LogP contribution in [0.5, 0.6) is 0 Å². The van der Waals surface area contributed by atoms with Gasteiger partial charge in [-0.15, -0.1) is 6.58 Å². The SMILES string of the molecule is C=CCC=C(c1ccccc1)[P+](CCCC)(CCCC)CCCC. The third kappa shape index (κ3) is 6.56. The molecule has 1 aromatic rings. The molecule has 0 unspecified atom stereocenters. The molecule has 0 radical (unpaired) electrons. The lowest BCUT2D eigenvalue weighted by Crippen LogP contribution is -2.11. The Morgan fingerprint density at radius 2 is 1.38 bits per heavy atom. The Kier molecular flexibility index (Phi) is 11.0. The van der Waals surface area contributed by atoms with Gasteiger partial charge in [-0.25, -0.2) is 0 Å². The predicted molar refractivity (Wildman–Crippen MR) is 115 cm³/mol. The summed E-state index contributed by atoms with van der Waals surface area (Å²) in [7, 11) is -1.09. The highest BCUT2D eigenvalue weighted by Crippen LogP contribution is 2.70. The molecule has 0 spiro atoms. The van der Waals surface area contributed by atoms with Crippen molar-refractivity contribution in [3.8, 4) is 0 Å². The second-order valence-corrected chi connectivity index (χ2v) is 11.0. The van der Waals surface area contributed by atoms with Gasteiger partial charge in [-0.1, -0.05) is 76.4 Å². The first-order chi connectivity index (χ1) is 11.7. The first kappa shape index (κ1) is 21.2. The molecule has 1 aromatic carbocycles. The zero-order valence-electron chi connectivity index (χ0n) is 16.3. The van der Waals surface area contributed by atoms with E-state index in [0.29, 0.717) is 0 Å². The maximum absolute atomic E-state index is 3.96. The topological polar surface area (TPSA) is 0 Å². The van der Waals surface area contributed by atoms with Crippen molar-refractivity contribution in [3.05, 3.63) is 54.6 Å². The summed E-state index contributed by atoms with van der Waals surface area (Å²) in [6.07, 6.45) is 17.9. The van der Waals surface area contributed by atoms with Crippen LogP contribution < -0.4 is 0 Å².